The number of rotatable bonds is 6. The Morgan fingerprint density at radius 1 is 1.32 bits per heavy atom. The molecule has 2 atom stereocenters. The first-order valence-electron chi connectivity index (χ1n) is 8.12. The van der Waals surface area contributed by atoms with Crippen molar-refractivity contribution < 1.29 is 4.79 Å². The minimum absolute atomic E-state index is 0. The van der Waals surface area contributed by atoms with E-state index in [1.165, 1.54) is 19.3 Å². The van der Waals surface area contributed by atoms with E-state index in [0.29, 0.717) is 18.6 Å². The highest BCUT2D eigenvalue weighted by Gasteiger charge is 2.36. The number of amides is 1. The summed E-state index contributed by atoms with van der Waals surface area (Å²) >= 11 is 0. The lowest BCUT2D eigenvalue weighted by atomic mass is 10.1. The number of carbonyl (C=O) groups excluding carboxylic acids is 1. The zero-order chi connectivity index (χ0) is 15.2. The molecule has 1 heterocycles. The number of aliphatic imine (C=N–C) groups is 1. The lowest BCUT2D eigenvalue weighted by molar-refractivity contribution is -0.119. The van der Waals surface area contributed by atoms with Gasteiger partial charge in [0.05, 0.1) is 6.54 Å². The van der Waals surface area contributed by atoms with E-state index in [9.17, 15) is 4.79 Å². The highest BCUT2D eigenvalue weighted by Crippen LogP contribution is 2.34. The van der Waals surface area contributed by atoms with E-state index in [4.69, 9.17) is 5.73 Å². The van der Waals surface area contributed by atoms with Gasteiger partial charge in [0, 0.05) is 32.2 Å². The summed E-state index contributed by atoms with van der Waals surface area (Å²) < 4.78 is 0. The smallest absolute Gasteiger partial charge is 0.231 e. The molecule has 0 aromatic rings. The second kappa shape index (κ2) is 9.54. The highest BCUT2D eigenvalue weighted by atomic mass is 127. The Morgan fingerprint density at radius 3 is 2.55 bits per heavy atom. The average Bonchev–Trinajstić information content (AvgIpc) is 3.18. The molecule has 1 amide bonds. The largest absolute Gasteiger partial charge is 0.369 e. The van der Waals surface area contributed by atoms with Gasteiger partial charge in [-0.2, -0.15) is 0 Å². The summed E-state index contributed by atoms with van der Waals surface area (Å²) in [6.45, 7) is 4.45. The fourth-order valence-electron chi connectivity index (χ4n) is 3.11. The number of nitrogens with two attached hydrogens (primary N) is 1. The van der Waals surface area contributed by atoms with E-state index in [0.717, 1.165) is 37.8 Å². The lowest BCUT2D eigenvalue weighted by Crippen LogP contribution is -2.50. The molecule has 0 spiro atoms. The standard InChI is InChI=1S/C15H29N5O.HI/c1-3-4-11-9-13(11)19-15(17-2)18-12-5-7-20(8-6-12)10-14(16)21;/h11-13H,3-10H2,1-2H3,(H2,16,21)(H2,17,18,19);1H. The Kier molecular flexibility index (Phi) is 8.45. The van der Waals surface area contributed by atoms with E-state index in [1.54, 1.807) is 0 Å². The van der Waals surface area contributed by atoms with Crippen LogP contribution in [0.2, 0.25) is 0 Å². The zero-order valence-electron chi connectivity index (χ0n) is 13.7. The number of nitrogens with one attached hydrogen (secondary N) is 2. The second-order valence-corrected chi connectivity index (χ2v) is 6.27. The summed E-state index contributed by atoms with van der Waals surface area (Å²) in [6, 6.07) is 1.04. The Bertz CT molecular complexity index is 382. The zero-order valence-corrected chi connectivity index (χ0v) is 16.0. The van der Waals surface area contributed by atoms with Gasteiger partial charge in [-0.1, -0.05) is 13.3 Å². The maximum atomic E-state index is 10.9. The number of hydrogen-bond donors (Lipinski definition) is 3. The third-order valence-electron chi connectivity index (χ3n) is 4.44. The van der Waals surface area contributed by atoms with E-state index in [2.05, 4.69) is 27.4 Å². The molecule has 0 aromatic carbocycles. The summed E-state index contributed by atoms with van der Waals surface area (Å²) in [5.41, 5.74) is 5.23. The summed E-state index contributed by atoms with van der Waals surface area (Å²) in [4.78, 5) is 17.4. The van der Waals surface area contributed by atoms with E-state index >= 15 is 0 Å². The molecule has 1 saturated heterocycles. The number of primary amides is 1. The predicted molar refractivity (Wildman–Crippen MR) is 101 cm³/mol. The first-order valence-corrected chi connectivity index (χ1v) is 8.12. The van der Waals surface area contributed by atoms with Crippen LogP contribution in [-0.2, 0) is 4.79 Å². The topological polar surface area (TPSA) is 82.8 Å². The maximum Gasteiger partial charge on any atom is 0.231 e. The SMILES string of the molecule is CCCC1CC1NC(=NC)NC1CCN(CC(N)=O)CC1.I. The Labute approximate surface area is 150 Å². The van der Waals surface area contributed by atoms with Crippen LogP contribution in [-0.4, -0.2) is 55.5 Å². The van der Waals surface area contributed by atoms with Crippen molar-refractivity contribution >= 4 is 35.8 Å². The van der Waals surface area contributed by atoms with Gasteiger partial charge in [-0.3, -0.25) is 14.7 Å². The van der Waals surface area contributed by atoms with E-state index in [-0.39, 0.29) is 29.9 Å². The summed E-state index contributed by atoms with van der Waals surface area (Å²) in [7, 11) is 1.83. The third-order valence-corrected chi connectivity index (χ3v) is 4.44. The summed E-state index contributed by atoms with van der Waals surface area (Å²) in [5.74, 6) is 1.51. The fourth-order valence-corrected chi connectivity index (χ4v) is 3.11. The van der Waals surface area contributed by atoms with Crippen LogP contribution in [0.25, 0.3) is 0 Å². The van der Waals surface area contributed by atoms with Crippen molar-refractivity contribution in [1.29, 1.82) is 0 Å². The Balaban J connectivity index is 0.00000242. The number of hydrogen-bond acceptors (Lipinski definition) is 3. The molecule has 1 aliphatic carbocycles. The molecule has 2 aliphatic rings. The van der Waals surface area contributed by atoms with Crippen LogP contribution in [0.15, 0.2) is 4.99 Å². The first kappa shape index (κ1) is 19.5. The van der Waals surface area contributed by atoms with Crippen molar-refractivity contribution in [3.63, 3.8) is 0 Å². The van der Waals surface area contributed by atoms with E-state index in [1.807, 2.05) is 7.05 Å². The number of carbonyl (C=O) groups is 1. The molecule has 2 rings (SSSR count). The van der Waals surface area contributed by atoms with Crippen molar-refractivity contribution in [1.82, 2.24) is 15.5 Å². The minimum atomic E-state index is -0.241. The summed E-state index contributed by atoms with van der Waals surface area (Å²) in [5, 5.41) is 7.03. The average molecular weight is 423 g/mol. The number of piperidine rings is 1. The van der Waals surface area contributed by atoms with E-state index < -0.39 is 0 Å². The fraction of sp³-hybridized carbons (Fsp3) is 0.867. The lowest BCUT2D eigenvalue weighted by Gasteiger charge is -2.32. The molecule has 2 unspecified atom stereocenters. The van der Waals surface area contributed by atoms with Crippen LogP contribution in [0.1, 0.15) is 39.0 Å². The molecule has 4 N–H and O–H groups in total. The molecule has 128 valence electrons. The van der Waals surface area contributed by atoms with Crippen molar-refractivity contribution in [3.8, 4) is 0 Å². The van der Waals surface area contributed by atoms with Gasteiger partial charge in [0.1, 0.15) is 0 Å². The molecule has 7 heteroatoms. The van der Waals surface area contributed by atoms with Gasteiger partial charge >= 0.3 is 0 Å². The maximum absolute atomic E-state index is 10.9. The Hall–Kier alpha value is -0.570. The van der Waals surface area contributed by atoms with Crippen molar-refractivity contribution in [3.05, 3.63) is 0 Å². The number of nitrogens with zero attached hydrogens (tertiary/aromatic N) is 2. The predicted octanol–water partition coefficient (Wildman–Crippen LogP) is 0.908. The minimum Gasteiger partial charge on any atom is -0.369 e. The molecule has 1 saturated carbocycles. The molecule has 6 nitrogen and oxygen atoms in total. The van der Waals surface area contributed by atoms with Crippen LogP contribution in [0, 0.1) is 5.92 Å². The van der Waals surface area contributed by atoms with Crippen LogP contribution in [0.4, 0.5) is 0 Å². The molecule has 1 aliphatic heterocycles. The quantitative estimate of drug-likeness (QED) is 0.337. The molecular formula is C15H30IN5O. The van der Waals surface area contributed by atoms with Gasteiger partial charge in [-0.15, -0.1) is 24.0 Å². The van der Waals surface area contributed by atoms with Crippen molar-refractivity contribution in [2.24, 2.45) is 16.6 Å². The van der Waals surface area contributed by atoms with Gasteiger partial charge in [0.25, 0.3) is 0 Å². The molecule has 0 aromatic heterocycles. The third kappa shape index (κ3) is 6.28. The summed E-state index contributed by atoms with van der Waals surface area (Å²) in [6.07, 6.45) is 5.88. The molecule has 0 radical (unpaired) electrons. The van der Waals surface area contributed by atoms with Crippen LogP contribution in [0.3, 0.4) is 0 Å². The number of halogens is 1. The van der Waals surface area contributed by atoms with Crippen LogP contribution < -0.4 is 16.4 Å². The molecule has 22 heavy (non-hydrogen) atoms. The highest BCUT2D eigenvalue weighted by molar-refractivity contribution is 14.0. The second-order valence-electron chi connectivity index (χ2n) is 6.27. The van der Waals surface area contributed by atoms with Crippen LogP contribution in [0.5, 0.6) is 0 Å². The number of guanidine groups is 1. The van der Waals surface area contributed by atoms with Gasteiger partial charge in [-0.25, -0.2) is 0 Å². The molecule has 0 bridgehead atoms. The van der Waals surface area contributed by atoms with Gasteiger partial charge in [0.15, 0.2) is 5.96 Å². The van der Waals surface area contributed by atoms with Gasteiger partial charge in [0.2, 0.25) is 5.91 Å². The normalized spacial score (nSPS) is 26.2. The van der Waals surface area contributed by atoms with Crippen molar-refractivity contribution in [2.45, 2.75) is 51.1 Å². The monoisotopic (exact) mass is 423 g/mol. The number of likely N-dealkylation sites (tertiary alicyclic amines) is 1. The molecule has 2 fully saturated rings. The molecular weight excluding hydrogens is 393 g/mol. The van der Waals surface area contributed by atoms with Crippen molar-refractivity contribution in [2.75, 3.05) is 26.7 Å². The Morgan fingerprint density at radius 2 is 2.00 bits per heavy atom. The first-order chi connectivity index (χ1) is 10.1. The van der Waals surface area contributed by atoms with Gasteiger partial charge in [-0.05, 0) is 31.6 Å². The van der Waals surface area contributed by atoms with Gasteiger partial charge < -0.3 is 16.4 Å². The van der Waals surface area contributed by atoms with Crippen LogP contribution >= 0.6 is 24.0 Å².